The van der Waals surface area contributed by atoms with E-state index in [1.54, 1.807) is 18.2 Å². The minimum Gasteiger partial charge on any atom is -0.493 e. The van der Waals surface area contributed by atoms with Gasteiger partial charge in [0.05, 0.1) is 12.2 Å². The number of nitrogens with zero attached hydrogens (tertiary/aromatic N) is 1. The lowest BCUT2D eigenvalue weighted by Gasteiger charge is -2.09. The van der Waals surface area contributed by atoms with Gasteiger partial charge in [0.2, 0.25) is 5.91 Å². The zero-order valence-corrected chi connectivity index (χ0v) is 28.7. The Morgan fingerprint density at radius 2 is 1.65 bits per heavy atom. The zero-order chi connectivity index (χ0) is 36.2. The largest absolute Gasteiger partial charge is 0.493 e. The molecule has 0 atom stereocenters. The standard InChI is InChI=1S/C16H19F3O.C16H20N2O6.2C2H6/c17-16(18,19)14-9-5-10-15(12-14)20-11-4-3-8-13-6-1-2-7-13;1-2-3-4-5-9-15(19)17-11-16(20)24-14-8-6-7-13(10-14)12-23-18(21)22;2*1-2/h3,5,8-10,12-13H,1-2,4,6-7,11H2;2-3,6-8,10H,4-5,9,11-12H2,1H3,(H,17,19);2*1-2H3/b8-3+;3-2-;;. The van der Waals surface area contributed by atoms with Crippen LogP contribution in [0.5, 0.6) is 11.5 Å². The third-order valence-electron chi connectivity index (χ3n) is 6.43. The topological polar surface area (TPSA) is 117 Å². The molecule has 12 heteroatoms. The Hall–Kier alpha value is -4.35. The summed E-state index contributed by atoms with van der Waals surface area (Å²) in [5, 5.41) is 11.7. The number of alkyl halides is 3. The lowest BCUT2D eigenvalue weighted by Crippen LogP contribution is -2.31. The molecule has 2 aromatic rings. The number of esters is 1. The van der Waals surface area contributed by atoms with Gasteiger partial charge in [0, 0.05) is 6.42 Å². The summed E-state index contributed by atoms with van der Waals surface area (Å²) in [5.41, 5.74) is -0.179. The molecule has 1 aliphatic carbocycles. The van der Waals surface area contributed by atoms with Gasteiger partial charge >= 0.3 is 12.1 Å². The third kappa shape index (κ3) is 21.4. The molecule has 268 valence electrons. The van der Waals surface area contributed by atoms with E-state index in [0.29, 0.717) is 30.9 Å². The second-order valence-corrected chi connectivity index (χ2v) is 9.99. The number of halogens is 3. The first-order valence-electron chi connectivity index (χ1n) is 16.5. The van der Waals surface area contributed by atoms with Gasteiger partial charge in [0.15, 0.2) is 0 Å². The van der Waals surface area contributed by atoms with Gasteiger partial charge in [0.25, 0.3) is 5.09 Å². The third-order valence-corrected chi connectivity index (χ3v) is 6.43. The minimum absolute atomic E-state index is 0.218. The lowest BCUT2D eigenvalue weighted by atomic mass is 10.1. The van der Waals surface area contributed by atoms with Gasteiger partial charge < -0.3 is 19.6 Å². The minimum atomic E-state index is -4.32. The number of rotatable bonds is 15. The molecular weight excluding hydrogens is 629 g/mol. The molecule has 1 amide bonds. The van der Waals surface area contributed by atoms with Crippen molar-refractivity contribution in [2.75, 3.05) is 13.2 Å². The average molecular weight is 681 g/mol. The van der Waals surface area contributed by atoms with Crippen molar-refractivity contribution in [3.8, 4) is 11.5 Å². The summed E-state index contributed by atoms with van der Waals surface area (Å²) < 4.78 is 48.0. The molecule has 0 spiro atoms. The second kappa shape index (κ2) is 26.7. The van der Waals surface area contributed by atoms with E-state index in [1.165, 1.54) is 43.9 Å². The Balaban J connectivity index is 0.000000843. The number of benzene rings is 2. The molecule has 1 saturated carbocycles. The molecule has 0 radical (unpaired) electrons. The van der Waals surface area contributed by atoms with Crippen LogP contribution >= 0.6 is 0 Å². The van der Waals surface area contributed by atoms with Crippen molar-refractivity contribution in [2.45, 2.75) is 98.8 Å². The zero-order valence-electron chi connectivity index (χ0n) is 28.7. The summed E-state index contributed by atoms with van der Waals surface area (Å²) in [6.45, 7) is 9.85. The maximum atomic E-state index is 12.5. The molecule has 1 aliphatic rings. The molecule has 0 unspecified atom stereocenters. The number of allylic oxidation sites excluding steroid dienone is 3. The maximum absolute atomic E-state index is 12.5. The molecular formula is C36H51F3N2O7. The normalized spacial score (nSPS) is 12.5. The van der Waals surface area contributed by atoms with Crippen LogP contribution in [0.15, 0.2) is 72.8 Å². The number of unbranched alkanes of at least 4 members (excludes halogenated alkanes) is 1. The number of hydrogen-bond donors (Lipinski definition) is 1. The van der Waals surface area contributed by atoms with Crippen molar-refractivity contribution >= 4 is 11.9 Å². The highest BCUT2D eigenvalue weighted by Gasteiger charge is 2.30. The molecule has 0 saturated heterocycles. The van der Waals surface area contributed by atoms with Crippen LogP contribution in [-0.4, -0.2) is 30.1 Å². The van der Waals surface area contributed by atoms with Crippen LogP contribution in [0.4, 0.5) is 13.2 Å². The van der Waals surface area contributed by atoms with Crippen LogP contribution < -0.4 is 14.8 Å². The highest BCUT2D eigenvalue weighted by molar-refractivity contribution is 5.82. The van der Waals surface area contributed by atoms with Crippen LogP contribution in [0, 0.1) is 16.0 Å². The maximum Gasteiger partial charge on any atom is 0.416 e. The Morgan fingerprint density at radius 3 is 2.29 bits per heavy atom. The van der Waals surface area contributed by atoms with E-state index in [0.717, 1.165) is 25.0 Å². The number of ether oxygens (including phenoxy) is 2. The van der Waals surface area contributed by atoms with Gasteiger partial charge in [0.1, 0.15) is 24.7 Å². The molecule has 0 aliphatic heterocycles. The van der Waals surface area contributed by atoms with Gasteiger partial charge in [-0.25, -0.2) is 4.79 Å². The van der Waals surface area contributed by atoms with Crippen molar-refractivity contribution < 1.29 is 42.2 Å². The van der Waals surface area contributed by atoms with E-state index in [2.05, 4.69) is 22.3 Å². The SMILES string of the molecule is C/C=C\CCCC(=O)NCC(=O)Oc1cccc(CO[N+](=O)[O-])c1.CC.CC.FC(F)(F)c1cccc(OCC/C=C/C2CCCC2)c1. The summed E-state index contributed by atoms with van der Waals surface area (Å²) in [6, 6.07) is 11.2. The Bertz CT molecular complexity index is 1240. The van der Waals surface area contributed by atoms with E-state index in [1.807, 2.05) is 46.8 Å². The lowest BCUT2D eigenvalue weighted by molar-refractivity contribution is -0.763. The molecule has 0 aromatic heterocycles. The number of nitrogens with one attached hydrogen (secondary N) is 1. The first-order valence-corrected chi connectivity index (χ1v) is 16.5. The van der Waals surface area contributed by atoms with Gasteiger partial charge in [-0.1, -0.05) is 83.0 Å². The summed E-state index contributed by atoms with van der Waals surface area (Å²) in [6.07, 6.45) is 11.6. The predicted molar refractivity (Wildman–Crippen MR) is 181 cm³/mol. The second-order valence-electron chi connectivity index (χ2n) is 9.99. The number of amides is 1. The molecule has 2 aromatic carbocycles. The molecule has 1 fully saturated rings. The summed E-state index contributed by atoms with van der Waals surface area (Å²) in [5.74, 6) is 0.346. The smallest absolute Gasteiger partial charge is 0.416 e. The molecule has 9 nitrogen and oxygen atoms in total. The van der Waals surface area contributed by atoms with Crippen LogP contribution in [0.25, 0.3) is 0 Å². The molecule has 48 heavy (non-hydrogen) atoms. The van der Waals surface area contributed by atoms with Gasteiger partial charge in [-0.15, -0.1) is 10.1 Å². The fraction of sp³-hybridized carbons (Fsp3) is 0.500. The van der Waals surface area contributed by atoms with Crippen LogP contribution in [0.3, 0.4) is 0 Å². The van der Waals surface area contributed by atoms with E-state index < -0.39 is 22.8 Å². The molecule has 0 bridgehead atoms. The highest BCUT2D eigenvalue weighted by atomic mass is 19.4. The monoisotopic (exact) mass is 680 g/mol. The molecule has 3 rings (SSSR count). The highest BCUT2D eigenvalue weighted by Crippen LogP contribution is 2.31. The quantitative estimate of drug-likeness (QED) is 0.0497. The van der Waals surface area contributed by atoms with E-state index in [-0.39, 0.29) is 30.6 Å². The Kier molecular flexibility index (Phi) is 24.3. The predicted octanol–water partition coefficient (Wildman–Crippen LogP) is 9.44. The Morgan fingerprint density at radius 1 is 0.979 bits per heavy atom. The summed E-state index contributed by atoms with van der Waals surface area (Å²) >= 11 is 0. The first kappa shape index (κ1) is 43.6. The average Bonchev–Trinajstić information content (AvgIpc) is 3.60. The van der Waals surface area contributed by atoms with Crippen molar-refractivity contribution in [1.29, 1.82) is 0 Å². The van der Waals surface area contributed by atoms with Crippen molar-refractivity contribution in [1.82, 2.24) is 5.32 Å². The van der Waals surface area contributed by atoms with E-state index in [9.17, 15) is 32.9 Å². The van der Waals surface area contributed by atoms with Crippen molar-refractivity contribution in [3.05, 3.63) is 94.1 Å². The number of carbonyl (C=O) groups excluding carboxylic acids is 2. The molecule has 0 heterocycles. The fourth-order valence-electron chi connectivity index (χ4n) is 4.25. The number of carbonyl (C=O) groups is 2. The van der Waals surface area contributed by atoms with Crippen LogP contribution in [0.1, 0.15) is 97.1 Å². The van der Waals surface area contributed by atoms with Crippen molar-refractivity contribution in [2.24, 2.45) is 5.92 Å². The van der Waals surface area contributed by atoms with Crippen LogP contribution in [-0.2, 0) is 27.2 Å². The van der Waals surface area contributed by atoms with Gasteiger partial charge in [-0.3, -0.25) is 4.79 Å². The number of hydrogen-bond acceptors (Lipinski definition) is 7. The van der Waals surface area contributed by atoms with E-state index in [4.69, 9.17) is 9.47 Å². The fourth-order valence-corrected chi connectivity index (χ4v) is 4.25. The first-order chi connectivity index (χ1) is 23.1. The van der Waals surface area contributed by atoms with Gasteiger partial charge in [-0.2, -0.15) is 13.2 Å². The molecule has 1 N–H and O–H groups in total. The van der Waals surface area contributed by atoms with Gasteiger partial charge in [-0.05, 0) is 80.8 Å². The summed E-state index contributed by atoms with van der Waals surface area (Å²) in [7, 11) is 0. The van der Waals surface area contributed by atoms with E-state index >= 15 is 0 Å². The van der Waals surface area contributed by atoms with Crippen LogP contribution in [0.2, 0.25) is 0 Å². The Labute approximate surface area is 282 Å². The van der Waals surface area contributed by atoms with Crippen molar-refractivity contribution in [3.63, 3.8) is 0 Å². The summed E-state index contributed by atoms with van der Waals surface area (Å²) in [4.78, 5) is 37.6.